The van der Waals surface area contributed by atoms with Crippen molar-refractivity contribution in [2.75, 3.05) is 40.8 Å². The van der Waals surface area contributed by atoms with Crippen LogP contribution in [0.25, 0.3) is 11.1 Å². The van der Waals surface area contributed by atoms with Gasteiger partial charge in [0.15, 0.2) is 29.1 Å². The van der Waals surface area contributed by atoms with Crippen LogP contribution in [0.1, 0.15) is 146 Å². The van der Waals surface area contributed by atoms with Gasteiger partial charge in [-0.2, -0.15) is 0 Å². The number of phenols is 4. The lowest BCUT2D eigenvalue weighted by Gasteiger charge is -2.41. The standard InChI is InChI=1S/C87H98Cl2N10O28/c1-5-6-7-8-9-10-11-12-14-60(105)93-69-72(108)74(110)77(85(119)120)127-86(69)126-76-57-31-42-32-58(76)123-54-24-19-41(29-49(54)88)70(106)68-84(118)97-66(79(113)91-25-13-26-99(3)4)47-33-43(101)34-56(124-87-75(111)73(109)71(107)59(37-100)125-87)61(47)46-28-39(17-22-51(46)102)64(81(115)98-68)94-82(116)65(42)95-83(117)67-48-35-45(36-53(104)62(48)89)122-55-30-40(18-23-52(55)103)63(90-2)80(114)92-50(78(112)96-67)27-38-15-20-44(121-57)21-16-38/h15-24,28-36,50,59,63-75,77,86-87,90,100-104,106-111H,5-14,25-27,37H2,1-4H3,(H,91,113)(H,92,114)(H,93,105)(H,94,116)(H,95,117)(H,96,112)(H,97,118)(H,98,115)(H,119,120)/t50-,59-,63+,64-,65-,66+,67+,68+,69-,70-,71-,72-,73+,74+,75+,77+,86-,87+/m1/s1. The molecule has 127 heavy (non-hydrogen) atoms. The smallest absolute Gasteiger partial charge is 0.335 e. The zero-order valence-electron chi connectivity index (χ0n) is 68.9. The van der Waals surface area contributed by atoms with Crippen LogP contribution in [0.5, 0.6) is 69.0 Å². The second-order valence-electron chi connectivity index (χ2n) is 31.9. The van der Waals surface area contributed by atoms with Crippen LogP contribution >= 0.6 is 23.2 Å². The van der Waals surface area contributed by atoms with Gasteiger partial charge in [-0.15, -0.1) is 0 Å². The number of phenolic OH excluding ortho intramolecular Hbond substituents is 4. The van der Waals surface area contributed by atoms with Crippen molar-refractivity contribution in [2.24, 2.45) is 0 Å². The van der Waals surface area contributed by atoms with E-state index in [1.54, 1.807) is 19.0 Å². The fraction of sp³-hybridized carbons (Fsp3) is 0.414. The molecule has 21 N–H and O–H groups in total. The van der Waals surface area contributed by atoms with Crippen LogP contribution in [0.15, 0.2) is 115 Å². The van der Waals surface area contributed by atoms with E-state index in [2.05, 4.69) is 54.8 Å². The van der Waals surface area contributed by atoms with Gasteiger partial charge in [0.05, 0.1) is 16.7 Å². The zero-order chi connectivity index (χ0) is 91.1. The molecule has 0 aliphatic carbocycles. The van der Waals surface area contributed by atoms with E-state index < -0.39 is 271 Å². The first-order valence-corrected chi connectivity index (χ1v) is 41.9. The van der Waals surface area contributed by atoms with Crippen molar-refractivity contribution in [3.05, 3.63) is 164 Å². The number of carboxylic acids is 1. The molecular formula is C87H98Cl2N10O28. The summed E-state index contributed by atoms with van der Waals surface area (Å²) in [5, 5.41) is 161. The predicted octanol–water partition coefficient (Wildman–Crippen LogP) is 3.92. The van der Waals surface area contributed by atoms with Crippen LogP contribution in [-0.4, -0.2) is 234 Å². The van der Waals surface area contributed by atoms with Crippen LogP contribution in [0.4, 0.5) is 0 Å². The number of carbonyl (C=O) groups excluding carboxylic acids is 8. The Morgan fingerprint density at radius 1 is 0.551 bits per heavy atom. The molecule has 0 radical (unpaired) electrons. The van der Waals surface area contributed by atoms with Gasteiger partial charge in [-0.1, -0.05) is 105 Å². The molecule has 0 saturated carbocycles. The molecule has 7 aromatic carbocycles. The molecule has 678 valence electrons. The molecule has 0 aromatic heterocycles. The number of hydrogen-bond donors (Lipinski definition) is 21. The highest BCUT2D eigenvalue weighted by Gasteiger charge is 2.52. The van der Waals surface area contributed by atoms with E-state index in [0.29, 0.717) is 24.9 Å². The van der Waals surface area contributed by atoms with E-state index in [9.17, 15) is 75.7 Å². The fourth-order valence-electron chi connectivity index (χ4n) is 15.8. The van der Waals surface area contributed by atoms with E-state index in [-0.39, 0.29) is 47.8 Å². The van der Waals surface area contributed by atoms with E-state index in [1.807, 2.05) is 0 Å². The maximum absolute atomic E-state index is 16.8. The Balaban J connectivity index is 1.05. The average molecular weight is 1800 g/mol. The Morgan fingerprint density at radius 3 is 1.89 bits per heavy atom. The summed E-state index contributed by atoms with van der Waals surface area (Å²) in [5.74, 6) is -18.0. The van der Waals surface area contributed by atoms with Crippen molar-refractivity contribution < 1.29 is 138 Å². The number of aliphatic hydroxyl groups is 7. The Hall–Kier alpha value is -11.9. The number of hydrogen-bond acceptors (Lipinski definition) is 29. The number of amides is 8. The molecule has 38 nitrogen and oxygen atoms in total. The second kappa shape index (κ2) is 40.4. The molecule has 7 aromatic rings. The lowest BCUT2D eigenvalue weighted by Crippen LogP contribution is -2.66. The van der Waals surface area contributed by atoms with Crippen LogP contribution in [0.3, 0.4) is 0 Å². The van der Waals surface area contributed by atoms with Gasteiger partial charge in [0.1, 0.15) is 131 Å². The van der Waals surface area contributed by atoms with Crippen molar-refractivity contribution in [1.82, 2.24) is 52.8 Å². The average Bonchev–Trinajstić information content (AvgIpc) is 0.744. The number of fused-ring (bicyclic) bond motifs is 14. The number of carbonyl (C=O) groups is 9. The largest absolute Gasteiger partial charge is 0.508 e. The number of ether oxygens (including phenoxy) is 7. The normalized spacial score (nSPS) is 25.9. The zero-order valence-corrected chi connectivity index (χ0v) is 70.4. The minimum atomic E-state index is -2.45. The third-order valence-corrected chi connectivity index (χ3v) is 23.3. The Bertz CT molecular complexity index is 5300. The molecule has 40 heteroatoms. The Labute approximate surface area is 735 Å². The topological polar surface area (TPSA) is 573 Å². The number of aliphatic hydroxyl groups excluding tert-OH is 7. The molecule has 8 aliphatic rings. The molecule has 2 saturated heterocycles. The summed E-state index contributed by atoms with van der Waals surface area (Å²) in [7, 11) is 4.95. The van der Waals surface area contributed by atoms with Gasteiger partial charge in [-0.05, 0) is 147 Å². The van der Waals surface area contributed by atoms with E-state index in [4.69, 9.17) is 56.4 Å². The molecule has 0 unspecified atom stereocenters. The summed E-state index contributed by atoms with van der Waals surface area (Å²) in [4.78, 5) is 140. The summed E-state index contributed by atoms with van der Waals surface area (Å²) < 4.78 is 44.5. The summed E-state index contributed by atoms with van der Waals surface area (Å²) in [6, 6.07) is 5.68. The van der Waals surface area contributed by atoms with Gasteiger partial charge >= 0.3 is 5.97 Å². The molecule has 8 amide bonds. The van der Waals surface area contributed by atoms with Crippen LogP contribution in [0.2, 0.25) is 10.0 Å². The number of benzene rings is 7. The number of aliphatic carboxylic acids is 1. The lowest BCUT2D eigenvalue weighted by atomic mass is 9.89. The van der Waals surface area contributed by atoms with Crippen molar-refractivity contribution in [3.8, 4) is 80.1 Å². The number of aromatic hydroxyl groups is 4. The summed E-state index contributed by atoms with van der Waals surface area (Å²) in [6.45, 7) is 1.44. The van der Waals surface area contributed by atoms with E-state index in [0.717, 1.165) is 111 Å². The van der Waals surface area contributed by atoms with Crippen molar-refractivity contribution in [1.29, 1.82) is 0 Å². The number of rotatable bonds is 22. The maximum atomic E-state index is 16.8. The third kappa shape index (κ3) is 20.9. The second-order valence-corrected chi connectivity index (χ2v) is 32.7. The van der Waals surface area contributed by atoms with Crippen LogP contribution < -0.4 is 71.5 Å². The van der Waals surface area contributed by atoms with Gasteiger partial charge in [0.2, 0.25) is 65.6 Å². The first kappa shape index (κ1) is 92.8. The molecule has 18 atom stereocenters. The van der Waals surface area contributed by atoms with Crippen LogP contribution in [0, 0.1) is 0 Å². The number of nitrogens with one attached hydrogen (secondary N) is 9. The lowest BCUT2D eigenvalue weighted by molar-refractivity contribution is -0.277. The van der Waals surface area contributed by atoms with Crippen molar-refractivity contribution in [2.45, 2.75) is 187 Å². The summed E-state index contributed by atoms with van der Waals surface area (Å²) in [6.07, 6.45) is -14.7. The molecule has 0 spiro atoms. The molecule has 17 bridgehead atoms. The van der Waals surface area contributed by atoms with Gasteiger partial charge in [0.25, 0.3) is 0 Å². The first-order valence-electron chi connectivity index (χ1n) is 41.1. The summed E-state index contributed by atoms with van der Waals surface area (Å²) in [5.41, 5.74) is -2.67. The molecule has 8 aliphatic heterocycles. The highest BCUT2D eigenvalue weighted by molar-refractivity contribution is 6.33. The summed E-state index contributed by atoms with van der Waals surface area (Å²) >= 11 is 14.3. The maximum Gasteiger partial charge on any atom is 0.335 e. The van der Waals surface area contributed by atoms with E-state index >= 15 is 28.8 Å². The minimum Gasteiger partial charge on any atom is -0.508 e. The Kier molecular flexibility index (Phi) is 29.5. The quantitative estimate of drug-likeness (QED) is 0.0428. The predicted molar refractivity (Wildman–Crippen MR) is 448 cm³/mol. The fourth-order valence-corrected chi connectivity index (χ4v) is 16.2. The minimum absolute atomic E-state index is 0.0939. The Morgan fingerprint density at radius 2 is 1.20 bits per heavy atom. The van der Waals surface area contributed by atoms with Gasteiger partial charge < -0.3 is 147 Å². The number of unbranched alkanes of at least 4 members (excludes halogenated alkanes) is 7. The SMILES string of the molecule is CCCCCCCCCCC(=O)N[C@H]1[C@H](Oc2c3cc4cc2Oc2ccc(cc2Cl)[C@@H](O)[C@@H]2NC(=O)[C@H](NC(=O)[C@@H]4NC(=O)[C@H]4NC(=O)[C@@H](Cc5ccc(cc5)O3)NC(=O)[C@@H](NC)c3ccc(O)c(c3)Oc3cc(O)c(Cl)c4c3)c3ccc(O)c(c3)-c3c(O[C@H]4O[C@H](CO)[C@@H](O)[C@H](O)[C@@H]4O)cc(O)cc3[C@@H](C(=O)NCCCN(C)C)NC2=O)O[C@H](C(=O)O)[C@@H](O)[C@@H]1O. The van der Waals surface area contributed by atoms with Crippen molar-refractivity contribution >= 4 is 76.4 Å². The number of likely N-dealkylation sites (N-methyl/N-ethyl adjacent to an activating group) is 1. The first-order chi connectivity index (χ1) is 60.7. The van der Waals surface area contributed by atoms with Gasteiger partial charge in [-0.25, -0.2) is 4.79 Å². The molecule has 15 rings (SSSR count). The monoisotopic (exact) mass is 1800 g/mol. The number of halogens is 2. The van der Waals surface area contributed by atoms with E-state index in [1.165, 1.54) is 49.5 Å². The van der Waals surface area contributed by atoms with Gasteiger partial charge in [-0.3, -0.25) is 38.4 Å². The number of nitrogens with zero attached hydrogens (tertiary/aromatic N) is 1. The number of carboxylic acid groups (broad SMARTS) is 1. The van der Waals surface area contributed by atoms with Crippen LogP contribution in [-0.2, 0) is 59.0 Å². The highest BCUT2D eigenvalue weighted by atomic mass is 35.5. The molecular weight excluding hydrogens is 1700 g/mol. The van der Waals surface area contributed by atoms with Crippen molar-refractivity contribution in [3.63, 3.8) is 0 Å². The molecule has 8 heterocycles. The highest BCUT2D eigenvalue weighted by Crippen LogP contribution is 2.51. The van der Waals surface area contributed by atoms with Gasteiger partial charge in [0, 0.05) is 48.2 Å². The molecule has 2 fully saturated rings. The third-order valence-electron chi connectivity index (χ3n) is 22.6.